The lowest BCUT2D eigenvalue weighted by Crippen LogP contribution is -2.40. The molecule has 1 aliphatic rings. The summed E-state index contributed by atoms with van der Waals surface area (Å²) in [4.78, 5) is 44.0. The molecule has 0 radical (unpaired) electrons. The van der Waals surface area contributed by atoms with Gasteiger partial charge in [0, 0.05) is 10.5 Å². The van der Waals surface area contributed by atoms with Crippen molar-refractivity contribution in [1.29, 1.82) is 0 Å². The monoisotopic (exact) mass is 799 g/mol. The molecule has 0 spiro atoms. The maximum atomic E-state index is 14.1. The number of carbonyl (C=O) groups excluding carboxylic acids is 1. The van der Waals surface area contributed by atoms with Crippen molar-refractivity contribution in [3.63, 3.8) is 0 Å². The molecule has 0 aliphatic carbocycles. The van der Waals surface area contributed by atoms with Crippen molar-refractivity contribution in [2.24, 2.45) is 4.99 Å². The van der Waals surface area contributed by atoms with Crippen molar-refractivity contribution in [2.75, 3.05) is 13.7 Å². The summed E-state index contributed by atoms with van der Waals surface area (Å²) in [6.45, 7) is 7.43. The van der Waals surface area contributed by atoms with Crippen LogP contribution < -0.4 is 29.1 Å². The Kier molecular flexibility index (Phi) is 10.9. The Bertz CT molecular complexity index is 2110. The maximum absolute atomic E-state index is 14.1. The number of esters is 1. The molecule has 250 valence electrons. The number of benzene rings is 3. The Morgan fingerprint density at radius 2 is 1.85 bits per heavy atom. The minimum absolute atomic E-state index is 0.0649. The topological polar surface area (TPSA) is 131 Å². The summed E-state index contributed by atoms with van der Waals surface area (Å²) in [7, 11) is 1.51. The molecular formula is C34H31Br2N3O8S. The van der Waals surface area contributed by atoms with Crippen LogP contribution in [0.4, 0.5) is 5.69 Å². The number of fused-ring (bicyclic) bond motifs is 1. The van der Waals surface area contributed by atoms with E-state index in [2.05, 4.69) is 36.9 Å². The van der Waals surface area contributed by atoms with Gasteiger partial charge in [-0.1, -0.05) is 45.5 Å². The van der Waals surface area contributed by atoms with Crippen molar-refractivity contribution in [3.8, 4) is 17.2 Å². The summed E-state index contributed by atoms with van der Waals surface area (Å²) in [6.07, 6.45) is 1.45. The Balaban J connectivity index is 1.61. The molecule has 0 fully saturated rings. The number of hydrogen-bond donors (Lipinski definition) is 0. The minimum Gasteiger partial charge on any atom is -0.493 e. The number of methoxy groups -OCH3 is 1. The van der Waals surface area contributed by atoms with Gasteiger partial charge in [0.25, 0.3) is 5.56 Å². The molecule has 1 atom stereocenters. The standard InChI is InChI=1S/C34H31Br2N3O8S/c1-6-45-33(41)29-19(4)37-34-38(30(29)22-9-12-26(47-18(2)3)27(16-22)44-5)32(40)28(48-34)15-21-13-24(36)31(25(14-21)39(42)43)46-17-20-7-10-23(35)11-8-20/h7-16,18,30H,6,17H2,1-5H3/b28-15+/t30-/m0/s1. The van der Waals surface area contributed by atoms with Crippen LogP contribution >= 0.6 is 43.2 Å². The third-order valence-corrected chi connectivity index (χ3v) is 9.32. The van der Waals surface area contributed by atoms with Gasteiger partial charge in [-0.25, -0.2) is 9.79 Å². The average Bonchev–Trinajstić information content (AvgIpc) is 3.34. The van der Waals surface area contributed by atoms with E-state index in [0.29, 0.717) is 37.6 Å². The van der Waals surface area contributed by atoms with Crippen LogP contribution in [0, 0.1) is 10.1 Å². The first-order valence-electron chi connectivity index (χ1n) is 14.8. The Morgan fingerprint density at radius 3 is 2.50 bits per heavy atom. The zero-order valence-electron chi connectivity index (χ0n) is 26.6. The van der Waals surface area contributed by atoms with Gasteiger partial charge in [0.1, 0.15) is 6.61 Å². The molecule has 0 saturated heterocycles. The van der Waals surface area contributed by atoms with E-state index in [9.17, 15) is 19.7 Å². The number of rotatable bonds is 11. The van der Waals surface area contributed by atoms with Crippen molar-refractivity contribution in [2.45, 2.75) is 46.4 Å². The molecule has 3 aromatic carbocycles. The fraction of sp³-hybridized carbons (Fsp3) is 0.265. The molecule has 0 N–H and O–H groups in total. The lowest BCUT2D eigenvalue weighted by molar-refractivity contribution is -0.386. The highest BCUT2D eigenvalue weighted by atomic mass is 79.9. The highest BCUT2D eigenvalue weighted by molar-refractivity contribution is 9.10. The fourth-order valence-corrected chi connectivity index (χ4v) is 7.05. The molecule has 2 heterocycles. The van der Waals surface area contributed by atoms with Crippen LogP contribution in [0.3, 0.4) is 0 Å². The third kappa shape index (κ3) is 7.40. The first-order valence-corrected chi connectivity index (χ1v) is 17.2. The van der Waals surface area contributed by atoms with Crippen LogP contribution in [0.5, 0.6) is 17.2 Å². The summed E-state index contributed by atoms with van der Waals surface area (Å²) in [5.74, 6) is 0.409. The number of halogens is 2. The predicted octanol–water partition coefficient (Wildman–Crippen LogP) is 6.61. The number of allylic oxidation sites excluding steroid dienone is 1. The molecule has 1 aromatic heterocycles. The summed E-state index contributed by atoms with van der Waals surface area (Å²) in [5.41, 5.74) is 1.71. The van der Waals surface area contributed by atoms with E-state index >= 15 is 0 Å². The summed E-state index contributed by atoms with van der Waals surface area (Å²) in [5, 5.41) is 12.1. The zero-order chi connectivity index (χ0) is 34.7. The van der Waals surface area contributed by atoms with Crippen LogP contribution in [-0.2, 0) is 16.1 Å². The fourth-order valence-electron chi connectivity index (χ4n) is 5.16. The van der Waals surface area contributed by atoms with Crippen LogP contribution in [0.1, 0.15) is 50.4 Å². The lowest BCUT2D eigenvalue weighted by atomic mass is 9.95. The number of nitro benzene ring substituents is 1. The molecule has 0 saturated carbocycles. The van der Waals surface area contributed by atoms with Gasteiger partial charge in [-0.15, -0.1) is 0 Å². The molecule has 14 heteroatoms. The number of nitro groups is 1. The van der Waals surface area contributed by atoms with Crippen molar-refractivity contribution >= 4 is 60.9 Å². The number of carbonyl (C=O) groups is 1. The smallest absolute Gasteiger partial charge is 0.338 e. The van der Waals surface area contributed by atoms with Gasteiger partial charge in [-0.2, -0.15) is 0 Å². The van der Waals surface area contributed by atoms with Gasteiger partial charge in [0.2, 0.25) is 5.75 Å². The lowest BCUT2D eigenvalue weighted by Gasteiger charge is -2.25. The first-order chi connectivity index (χ1) is 22.9. The largest absolute Gasteiger partial charge is 0.493 e. The quantitative estimate of drug-likeness (QED) is 0.0942. The van der Waals surface area contributed by atoms with Gasteiger partial charge in [-0.3, -0.25) is 19.5 Å². The summed E-state index contributed by atoms with van der Waals surface area (Å²) >= 11 is 7.92. The van der Waals surface area contributed by atoms with Gasteiger partial charge < -0.3 is 18.9 Å². The normalized spacial score (nSPS) is 14.4. The second-order valence-corrected chi connectivity index (χ2v) is 13.7. The van der Waals surface area contributed by atoms with E-state index in [-0.39, 0.29) is 40.9 Å². The molecule has 0 unspecified atom stereocenters. The zero-order valence-corrected chi connectivity index (χ0v) is 30.6. The second kappa shape index (κ2) is 14.9. The molecule has 1 aliphatic heterocycles. The van der Waals surface area contributed by atoms with Crippen LogP contribution in [-0.4, -0.2) is 35.3 Å². The summed E-state index contributed by atoms with van der Waals surface area (Å²) < 4.78 is 25.7. The van der Waals surface area contributed by atoms with Gasteiger partial charge in [-0.05, 0) is 96.7 Å². The van der Waals surface area contributed by atoms with E-state index < -0.39 is 22.5 Å². The van der Waals surface area contributed by atoms with E-state index in [4.69, 9.17) is 18.9 Å². The van der Waals surface area contributed by atoms with Crippen molar-refractivity contribution in [1.82, 2.24) is 4.57 Å². The molecule has 0 bridgehead atoms. The first kappa shape index (κ1) is 35.0. The molecule has 11 nitrogen and oxygen atoms in total. The van der Waals surface area contributed by atoms with Gasteiger partial charge in [0.15, 0.2) is 16.3 Å². The van der Waals surface area contributed by atoms with Crippen LogP contribution in [0.25, 0.3) is 6.08 Å². The maximum Gasteiger partial charge on any atom is 0.338 e. The number of aromatic nitrogens is 1. The Hall–Kier alpha value is -4.27. The Labute approximate surface area is 296 Å². The average molecular weight is 802 g/mol. The molecular weight excluding hydrogens is 770 g/mol. The molecule has 4 aromatic rings. The molecule has 5 rings (SSSR count). The third-order valence-electron chi connectivity index (χ3n) is 7.22. The van der Waals surface area contributed by atoms with Crippen LogP contribution in [0.2, 0.25) is 0 Å². The predicted molar refractivity (Wildman–Crippen MR) is 188 cm³/mol. The van der Waals surface area contributed by atoms with E-state index in [0.717, 1.165) is 21.4 Å². The Morgan fingerprint density at radius 1 is 1.12 bits per heavy atom. The molecule has 0 amide bonds. The van der Waals surface area contributed by atoms with Crippen molar-refractivity contribution in [3.05, 3.63) is 121 Å². The SMILES string of the molecule is CCOC(=O)C1=C(C)N=c2s/c(=C/c3cc(Br)c(OCc4ccc(Br)cc4)c([N+](=O)[O-])c3)c(=O)n2[C@H]1c1ccc(OC(C)C)c(OC)c1. The number of ether oxygens (including phenoxy) is 4. The summed E-state index contributed by atoms with van der Waals surface area (Å²) in [6, 6.07) is 14.8. The highest BCUT2D eigenvalue weighted by Gasteiger charge is 2.34. The van der Waals surface area contributed by atoms with E-state index in [1.807, 2.05) is 38.1 Å². The van der Waals surface area contributed by atoms with Gasteiger partial charge in [0.05, 0.1) is 51.1 Å². The minimum atomic E-state index is -0.889. The number of nitrogens with zero attached hydrogens (tertiary/aromatic N) is 3. The second-order valence-electron chi connectivity index (χ2n) is 10.9. The van der Waals surface area contributed by atoms with Crippen LogP contribution in [0.15, 0.2) is 84.6 Å². The molecule has 48 heavy (non-hydrogen) atoms. The highest BCUT2D eigenvalue weighted by Crippen LogP contribution is 2.38. The van der Waals surface area contributed by atoms with Gasteiger partial charge >= 0.3 is 11.7 Å². The van der Waals surface area contributed by atoms with E-state index in [1.165, 1.54) is 17.7 Å². The van der Waals surface area contributed by atoms with Crippen molar-refractivity contribution < 1.29 is 28.7 Å². The number of hydrogen-bond acceptors (Lipinski definition) is 10. The van der Waals surface area contributed by atoms with E-state index in [1.54, 1.807) is 44.2 Å². The number of thiazole rings is 1.